The molecule has 0 aliphatic carbocycles. The minimum absolute atomic E-state index is 0.0109. The Labute approximate surface area is 148 Å². The van der Waals surface area contributed by atoms with Gasteiger partial charge < -0.3 is 19.3 Å². The fraction of sp³-hybridized carbons (Fsp3) is 0.700. The number of anilines is 2. The van der Waals surface area contributed by atoms with E-state index >= 15 is 0 Å². The lowest BCUT2D eigenvalue weighted by Gasteiger charge is -2.34. The number of hydrogen-bond acceptors (Lipinski definition) is 4. The zero-order valence-electron chi connectivity index (χ0n) is 17.2. The van der Waals surface area contributed by atoms with Gasteiger partial charge in [-0.05, 0) is 79.7 Å². The van der Waals surface area contributed by atoms with Crippen LogP contribution in [-0.2, 0) is 9.47 Å². The second-order valence-electron chi connectivity index (χ2n) is 8.40. The topological polar surface area (TPSA) is 24.9 Å². The van der Waals surface area contributed by atoms with Crippen molar-refractivity contribution in [3.05, 3.63) is 24.3 Å². The van der Waals surface area contributed by atoms with Gasteiger partial charge in [0.25, 0.3) is 0 Å². The summed E-state index contributed by atoms with van der Waals surface area (Å²) >= 11 is 0. The molecule has 0 spiro atoms. The van der Waals surface area contributed by atoms with Gasteiger partial charge in [-0.3, -0.25) is 0 Å². The molecule has 1 aromatic carbocycles. The highest BCUT2D eigenvalue weighted by molar-refractivity contribution is 5.56. The van der Waals surface area contributed by atoms with Crippen molar-refractivity contribution in [1.29, 1.82) is 0 Å². The maximum atomic E-state index is 6.02. The van der Waals surface area contributed by atoms with E-state index in [1.807, 2.05) is 0 Å². The molecule has 2 unspecified atom stereocenters. The van der Waals surface area contributed by atoms with Crippen LogP contribution < -0.4 is 9.80 Å². The monoisotopic (exact) mass is 336 g/mol. The maximum absolute atomic E-state index is 6.02. The average Bonchev–Trinajstić information content (AvgIpc) is 2.42. The second-order valence-corrected chi connectivity index (χ2v) is 8.40. The van der Waals surface area contributed by atoms with E-state index < -0.39 is 0 Å². The fourth-order valence-corrected chi connectivity index (χ4v) is 2.52. The molecule has 4 heteroatoms. The van der Waals surface area contributed by atoms with E-state index in [1.54, 1.807) is 0 Å². The van der Waals surface area contributed by atoms with Gasteiger partial charge >= 0.3 is 0 Å². The van der Waals surface area contributed by atoms with E-state index in [1.165, 1.54) is 0 Å². The van der Waals surface area contributed by atoms with Gasteiger partial charge in [-0.2, -0.15) is 0 Å². The molecule has 0 saturated carbocycles. The van der Waals surface area contributed by atoms with Crippen LogP contribution >= 0.6 is 0 Å². The molecule has 0 heterocycles. The highest BCUT2D eigenvalue weighted by Crippen LogP contribution is 2.25. The Bertz CT molecular complexity index is 453. The molecule has 138 valence electrons. The van der Waals surface area contributed by atoms with Crippen LogP contribution in [0.5, 0.6) is 0 Å². The van der Waals surface area contributed by atoms with Gasteiger partial charge in [0.05, 0.1) is 11.2 Å². The second kappa shape index (κ2) is 7.75. The third-order valence-corrected chi connectivity index (χ3v) is 3.80. The SMILES string of the molecule is CC(OC(C)(C)C)N(C)c1ccc(N(C)C(C)OC(C)(C)C)cc1. The van der Waals surface area contributed by atoms with Gasteiger partial charge in [-0.15, -0.1) is 0 Å². The van der Waals surface area contributed by atoms with Gasteiger partial charge in [0.15, 0.2) is 0 Å². The van der Waals surface area contributed by atoms with Crippen LogP contribution in [0.3, 0.4) is 0 Å². The first-order valence-corrected chi connectivity index (χ1v) is 8.71. The predicted octanol–water partition coefficient (Wildman–Crippen LogP) is 4.88. The standard InChI is InChI=1S/C20H36N2O2/c1-15(23-19(3,4)5)21(9)17-11-13-18(14-12-17)22(10)16(2)24-20(6,7)8/h11-16H,1-10H3. The Morgan fingerprint density at radius 3 is 1.12 bits per heavy atom. The largest absolute Gasteiger partial charge is 0.353 e. The van der Waals surface area contributed by atoms with Crippen molar-refractivity contribution < 1.29 is 9.47 Å². The first kappa shape index (κ1) is 20.8. The van der Waals surface area contributed by atoms with Crippen molar-refractivity contribution in [3.63, 3.8) is 0 Å². The van der Waals surface area contributed by atoms with Crippen molar-refractivity contribution in [1.82, 2.24) is 0 Å². The fourth-order valence-electron chi connectivity index (χ4n) is 2.52. The van der Waals surface area contributed by atoms with Gasteiger partial charge in [0.1, 0.15) is 12.5 Å². The van der Waals surface area contributed by atoms with E-state index in [4.69, 9.17) is 9.47 Å². The van der Waals surface area contributed by atoms with Crippen LogP contribution in [0.25, 0.3) is 0 Å². The summed E-state index contributed by atoms with van der Waals surface area (Å²) in [5, 5.41) is 0. The van der Waals surface area contributed by atoms with Crippen LogP contribution in [-0.4, -0.2) is 37.8 Å². The third kappa shape index (κ3) is 6.70. The quantitative estimate of drug-likeness (QED) is 0.691. The van der Waals surface area contributed by atoms with Crippen LogP contribution in [0, 0.1) is 0 Å². The highest BCUT2D eigenvalue weighted by Gasteiger charge is 2.20. The number of nitrogens with zero attached hydrogens (tertiary/aromatic N) is 2. The molecular weight excluding hydrogens is 300 g/mol. The summed E-state index contributed by atoms with van der Waals surface area (Å²) in [6, 6.07) is 8.49. The smallest absolute Gasteiger partial charge is 0.127 e. The summed E-state index contributed by atoms with van der Waals surface area (Å²) in [6.45, 7) is 16.6. The predicted molar refractivity (Wildman–Crippen MR) is 104 cm³/mol. The van der Waals surface area contributed by atoms with Gasteiger partial charge in [-0.1, -0.05) is 0 Å². The first-order valence-electron chi connectivity index (χ1n) is 8.71. The summed E-state index contributed by atoms with van der Waals surface area (Å²) in [6.07, 6.45) is 0.0217. The summed E-state index contributed by atoms with van der Waals surface area (Å²) < 4.78 is 12.0. The molecule has 24 heavy (non-hydrogen) atoms. The van der Waals surface area contributed by atoms with Crippen molar-refractivity contribution in [2.45, 2.75) is 79.0 Å². The molecule has 0 aromatic heterocycles. The van der Waals surface area contributed by atoms with Crippen molar-refractivity contribution in [2.24, 2.45) is 0 Å². The van der Waals surface area contributed by atoms with Crippen LogP contribution in [0.1, 0.15) is 55.4 Å². The summed E-state index contributed by atoms with van der Waals surface area (Å²) in [7, 11) is 4.11. The van der Waals surface area contributed by atoms with Crippen molar-refractivity contribution >= 4 is 11.4 Å². The Hall–Kier alpha value is -1.26. The minimum Gasteiger partial charge on any atom is -0.353 e. The molecule has 0 aliphatic rings. The summed E-state index contributed by atoms with van der Waals surface area (Å²) in [5.74, 6) is 0. The summed E-state index contributed by atoms with van der Waals surface area (Å²) in [4.78, 5) is 4.29. The van der Waals surface area contributed by atoms with Gasteiger partial charge in [0.2, 0.25) is 0 Å². The Kier molecular flexibility index (Phi) is 6.71. The molecule has 0 bridgehead atoms. The summed E-state index contributed by atoms with van der Waals surface area (Å²) in [5.41, 5.74) is 1.95. The highest BCUT2D eigenvalue weighted by atomic mass is 16.5. The lowest BCUT2D eigenvalue weighted by molar-refractivity contribution is -0.0505. The van der Waals surface area contributed by atoms with Crippen LogP contribution in [0.15, 0.2) is 24.3 Å². The lowest BCUT2D eigenvalue weighted by Crippen LogP contribution is -2.38. The molecule has 4 nitrogen and oxygen atoms in total. The average molecular weight is 337 g/mol. The third-order valence-electron chi connectivity index (χ3n) is 3.80. The van der Waals surface area contributed by atoms with E-state index in [2.05, 4.69) is 104 Å². The molecule has 0 saturated heterocycles. The van der Waals surface area contributed by atoms with E-state index in [0.29, 0.717) is 0 Å². The Morgan fingerprint density at radius 1 is 0.667 bits per heavy atom. The lowest BCUT2D eigenvalue weighted by atomic mass is 10.2. The number of rotatable bonds is 6. The van der Waals surface area contributed by atoms with E-state index in [9.17, 15) is 0 Å². The Balaban J connectivity index is 2.78. The Morgan fingerprint density at radius 2 is 0.917 bits per heavy atom. The molecule has 0 aliphatic heterocycles. The van der Waals surface area contributed by atoms with Gasteiger partial charge in [-0.25, -0.2) is 0 Å². The normalized spacial score (nSPS) is 15.1. The number of ether oxygens (including phenoxy) is 2. The van der Waals surface area contributed by atoms with Crippen LogP contribution in [0.2, 0.25) is 0 Å². The minimum atomic E-state index is -0.159. The van der Waals surface area contributed by atoms with Crippen LogP contribution in [0.4, 0.5) is 11.4 Å². The van der Waals surface area contributed by atoms with Crippen molar-refractivity contribution in [2.75, 3.05) is 23.9 Å². The first-order chi connectivity index (χ1) is 10.8. The van der Waals surface area contributed by atoms with Gasteiger partial charge in [0, 0.05) is 25.5 Å². The van der Waals surface area contributed by atoms with E-state index in [-0.39, 0.29) is 23.7 Å². The van der Waals surface area contributed by atoms with Crippen molar-refractivity contribution in [3.8, 4) is 0 Å². The van der Waals surface area contributed by atoms with E-state index in [0.717, 1.165) is 11.4 Å². The zero-order chi connectivity index (χ0) is 18.7. The number of benzene rings is 1. The molecule has 0 radical (unpaired) electrons. The molecule has 1 aromatic rings. The number of hydrogen-bond donors (Lipinski definition) is 0. The molecule has 1 rings (SSSR count). The maximum Gasteiger partial charge on any atom is 0.127 e. The molecular formula is C20H36N2O2. The molecule has 0 fully saturated rings. The molecule has 2 atom stereocenters. The molecule has 0 N–H and O–H groups in total. The zero-order valence-corrected chi connectivity index (χ0v) is 17.2. The molecule has 0 amide bonds.